The zero-order valence-corrected chi connectivity index (χ0v) is 15.6. The second kappa shape index (κ2) is 6.91. The number of aromatic nitrogens is 2. The molecule has 1 aromatic heterocycles. The molecule has 0 aliphatic carbocycles. The number of aryl methyl sites for hydroxylation is 1. The smallest absolute Gasteiger partial charge is 0.323 e. The number of carboxylic acid groups (broad SMARTS) is 1. The number of carbonyl (C=O) groups is 2. The van der Waals surface area contributed by atoms with E-state index in [0.29, 0.717) is 0 Å². The lowest BCUT2D eigenvalue weighted by Gasteiger charge is -2.28. The first-order valence-corrected chi connectivity index (χ1v) is 9.18. The van der Waals surface area contributed by atoms with Crippen LogP contribution in [0.5, 0.6) is 0 Å². The fourth-order valence-electron chi connectivity index (χ4n) is 2.55. The zero-order chi connectivity index (χ0) is 19.7. The lowest BCUT2D eigenvalue weighted by Crippen LogP contribution is -2.43. The third-order valence-corrected chi connectivity index (χ3v) is 6.21. The Morgan fingerprint density at radius 2 is 1.85 bits per heavy atom. The average Bonchev–Trinajstić information content (AvgIpc) is 3.10. The Hall–Kier alpha value is -2.68. The van der Waals surface area contributed by atoms with Crippen LogP contribution in [-0.2, 0) is 24.3 Å². The number of rotatable bonds is 6. The van der Waals surface area contributed by atoms with Crippen LogP contribution in [0.25, 0.3) is 0 Å². The van der Waals surface area contributed by atoms with Crippen molar-refractivity contribution in [1.82, 2.24) is 8.96 Å². The topological polar surface area (TPSA) is 116 Å². The highest BCUT2D eigenvalue weighted by Gasteiger charge is 2.50. The molecule has 2 aromatic rings. The Kier molecular flexibility index (Phi) is 5.22. The number of hydrogen-bond acceptors (Lipinski definition) is 6. The highest BCUT2D eigenvalue weighted by molar-refractivity contribution is 7.90. The molecule has 8 nitrogen and oxygen atoms in total. The first-order chi connectivity index (χ1) is 12.1. The number of carbonyl (C=O) groups excluding carboxylic acids is 1. The van der Waals surface area contributed by atoms with Crippen molar-refractivity contribution in [3.05, 3.63) is 48.0 Å². The monoisotopic (exact) mass is 380 g/mol. The number of aliphatic carboxylic acids is 1. The first kappa shape index (κ1) is 19.6. The van der Waals surface area contributed by atoms with Gasteiger partial charge in [-0.15, -0.1) is 0 Å². The normalized spacial score (nSPS) is 15.1. The predicted octanol–water partition coefficient (Wildman–Crippen LogP) is 1.80. The van der Waals surface area contributed by atoms with Crippen molar-refractivity contribution in [3.8, 4) is 0 Å². The van der Waals surface area contributed by atoms with Gasteiger partial charge in [0, 0.05) is 18.3 Å². The van der Waals surface area contributed by atoms with Crippen LogP contribution in [0.1, 0.15) is 31.2 Å². The lowest BCUT2D eigenvalue weighted by molar-refractivity contribution is -0.167. The minimum Gasteiger partial charge on any atom is -0.480 e. The Balaban J connectivity index is 2.58. The molecule has 1 N–H and O–H groups in total. The summed E-state index contributed by atoms with van der Waals surface area (Å²) in [5.41, 5.74) is -1.10. The van der Waals surface area contributed by atoms with E-state index in [-0.39, 0.29) is 10.7 Å². The van der Waals surface area contributed by atoms with Gasteiger partial charge in [-0.25, -0.2) is 17.4 Å². The minimum absolute atomic E-state index is 0.0321. The van der Waals surface area contributed by atoms with E-state index in [1.54, 1.807) is 12.1 Å². The summed E-state index contributed by atoms with van der Waals surface area (Å²) >= 11 is 0. The summed E-state index contributed by atoms with van der Waals surface area (Å²) in [5, 5.41) is 9.56. The van der Waals surface area contributed by atoms with E-state index in [2.05, 4.69) is 9.72 Å². The first-order valence-electron chi connectivity index (χ1n) is 7.74. The molecule has 0 spiro atoms. The van der Waals surface area contributed by atoms with E-state index in [4.69, 9.17) is 0 Å². The van der Waals surface area contributed by atoms with Crippen LogP contribution < -0.4 is 0 Å². The summed E-state index contributed by atoms with van der Waals surface area (Å²) in [6.07, 6.45) is 2.47. The van der Waals surface area contributed by atoms with Gasteiger partial charge in [0.05, 0.1) is 12.0 Å². The summed E-state index contributed by atoms with van der Waals surface area (Å²) in [5.74, 6) is -3.55. The number of methoxy groups -OCH3 is 1. The molecule has 2 rings (SSSR count). The third kappa shape index (κ3) is 3.10. The quantitative estimate of drug-likeness (QED) is 0.600. The average molecular weight is 380 g/mol. The summed E-state index contributed by atoms with van der Waals surface area (Å²) in [7, 11) is -2.92. The van der Waals surface area contributed by atoms with Crippen LogP contribution in [0.15, 0.2) is 41.6 Å². The summed E-state index contributed by atoms with van der Waals surface area (Å²) < 4.78 is 31.4. The van der Waals surface area contributed by atoms with E-state index in [1.807, 2.05) is 6.92 Å². The molecule has 0 saturated heterocycles. The maximum atomic E-state index is 12.9. The van der Waals surface area contributed by atoms with Gasteiger partial charge in [-0.1, -0.05) is 24.6 Å². The largest absolute Gasteiger partial charge is 0.480 e. The van der Waals surface area contributed by atoms with Gasteiger partial charge in [-0.05, 0) is 26.0 Å². The van der Waals surface area contributed by atoms with E-state index in [0.717, 1.165) is 16.6 Å². The van der Waals surface area contributed by atoms with Crippen LogP contribution >= 0.6 is 0 Å². The molecule has 140 valence electrons. The lowest BCUT2D eigenvalue weighted by atomic mass is 9.77. The van der Waals surface area contributed by atoms with Crippen LogP contribution in [0.2, 0.25) is 0 Å². The fraction of sp³-hybridized carbons (Fsp3) is 0.353. The number of carboxylic acids is 1. The molecule has 0 radical (unpaired) electrons. The molecule has 0 aliphatic heterocycles. The fourth-order valence-corrected chi connectivity index (χ4v) is 3.93. The molecule has 0 fully saturated rings. The van der Waals surface area contributed by atoms with Crippen molar-refractivity contribution in [2.75, 3.05) is 7.11 Å². The van der Waals surface area contributed by atoms with Crippen molar-refractivity contribution in [2.45, 2.75) is 31.6 Å². The number of ether oxygens (including phenoxy) is 1. The zero-order valence-electron chi connectivity index (χ0n) is 14.8. The highest BCUT2D eigenvalue weighted by atomic mass is 32.2. The molecular formula is C17H20N2O6S. The molecule has 0 amide bonds. The molecule has 0 aliphatic rings. The molecule has 26 heavy (non-hydrogen) atoms. The van der Waals surface area contributed by atoms with Crippen LogP contribution in [0.4, 0.5) is 0 Å². The van der Waals surface area contributed by atoms with E-state index in [1.165, 1.54) is 38.4 Å². The van der Waals surface area contributed by atoms with Crippen molar-refractivity contribution < 1.29 is 27.9 Å². The molecule has 1 heterocycles. The van der Waals surface area contributed by atoms with Crippen LogP contribution in [-0.4, -0.2) is 41.5 Å². The SMILES string of the molecule is COC(=O)C(C)(C(=O)O)C(C)c1nccn1S(=O)(=O)c1ccc(C)cc1. The van der Waals surface area contributed by atoms with Gasteiger partial charge < -0.3 is 9.84 Å². The molecule has 0 bridgehead atoms. The van der Waals surface area contributed by atoms with Crippen LogP contribution in [0.3, 0.4) is 0 Å². The molecule has 1 aromatic carbocycles. The van der Waals surface area contributed by atoms with Crippen molar-refractivity contribution in [1.29, 1.82) is 0 Å². The van der Waals surface area contributed by atoms with E-state index >= 15 is 0 Å². The van der Waals surface area contributed by atoms with Gasteiger partial charge in [0.2, 0.25) is 0 Å². The summed E-state index contributed by atoms with van der Waals surface area (Å²) in [6.45, 7) is 4.44. The number of hydrogen-bond donors (Lipinski definition) is 1. The standard InChI is InChI=1S/C17H20N2O6S/c1-11-5-7-13(8-6-11)26(23,24)19-10-9-18-14(19)12(2)17(3,15(20)21)16(22)25-4/h5-10,12H,1-4H3,(H,20,21). The van der Waals surface area contributed by atoms with Gasteiger partial charge >= 0.3 is 11.9 Å². The van der Waals surface area contributed by atoms with Crippen molar-refractivity contribution in [2.24, 2.45) is 5.41 Å². The summed E-state index contributed by atoms with van der Waals surface area (Å²) in [6, 6.07) is 6.22. The summed E-state index contributed by atoms with van der Waals surface area (Å²) in [4.78, 5) is 27.9. The Morgan fingerprint density at radius 3 is 2.35 bits per heavy atom. The molecule has 2 atom stereocenters. The molecule has 0 saturated carbocycles. The second-order valence-corrected chi connectivity index (χ2v) is 7.94. The van der Waals surface area contributed by atoms with Gasteiger partial charge in [0.15, 0.2) is 5.41 Å². The van der Waals surface area contributed by atoms with Crippen molar-refractivity contribution >= 4 is 22.0 Å². The third-order valence-electron chi connectivity index (χ3n) is 4.52. The second-order valence-electron chi connectivity index (χ2n) is 6.12. The van der Waals surface area contributed by atoms with Gasteiger partial charge in [-0.2, -0.15) is 0 Å². The predicted molar refractivity (Wildman–Crippen MR) is 92.2 cm³/mol. The van der Waals surface area contributed by atoms with Gasteiger partial charge in [0.1, 0.15) is 5.82 Å². The maximum Gasteiger partial charge on any atom is 0.323 e. The van der Waals surface area contributed by atoms with Gasteiger partial charge in [-0.3, -0.25) is 9.59 Å². The van der Waals surface area contributed by atoms with E-state index < -0.39 is 33.3 Å². The number of imidazole rings is 1. The minimum atomic E-state index is -4.00. The molecule has 2 unspecified atom stereocenters. The number of benzene rings is 1. The molecular weight excluding hydrogens is 360 g/mol. The number of esters is 1. The van der Waals surface area contributed by atoms with Crippen LogP contribution in [0, 0.1) is 12.3 Å². The maximum absolute atomic E-state index is 12.9. The van der Waals surface area contributed by atoms with Gasteiger partial charge in [0.25, 0.3) is 10.0 Å². The number of nitrogens with zero attached hydrogens (tertiary/aromatic N) is 2. The Morgan fingerprint density at radius 1 is 1.27 bits per heavy atom. The molecule has 9 heteroatoms. The Bertz CT molecular complexity index is 932. The van der Waals surface area contributed by atoms with E-state index in [9.17, 15) is 23.1 Å². The highest BCUT2D eigenvalue weighted by Crippen LogP contribution is 2.37. The Labute approximate surface area is 151 Å². The van der Waals surface area contributed by atoms with Crippen molar-refractivity contribution in [3.63, 3.8) is 0 Å².